The molecular weight excluding hydrogens is 246 g/mol. The molecule has 1 aromatic heterocycles. The molecule has 1 heterocycles. The first-order valence-corrected chi connectivity index (χ1v) is 5.67. The Morgan fingerprint density at radius 3 is 2.84 bits per heavy atom. The van der Waals surface area contributed by atoms with Crippen LogP contribution in [0.3, 0.4) is 0 Å². The van der Waals surface area contributed by atoms with E-state index in [2.05, 4.69) is 0 Å². The molecule has 0 radical (unpaired) electrons. The van der Waals surface area contributed by atoms with Gasteiger partial charge in [-0.2, -0.15) is 5.26 Å². The second kappa shape index (κ2) is 5.23. The van der Waals surface area contributed by atoms with Crippen molar-refractivity contribution >= 4 is 5.69 Å². The highest BCUT2D eigenvalue weighted by molar-refractivity contribution is 5.62. The number of rotatable bonds is 4. The molecule has 6 nitrogen and oxygen atoms in total. The number of nitro groups is 1. The summed E-state index contributed by atoms with van der Waals surface area (Å²) in [7, 11) is 0. The SMILES string of the molecule is CCOc1cccc(-n2cccc2C#N)c1[N+](=O)[O-]. The quantitative estimate of drug-likeness (QED) is 0.622. The summed E-state index contributed by atoms with van der Waals surface area (Å²) in [6.45, 7) is 2.09. The lowest BCUT2D eigenvalue weighted by atomic mass is 10.2. The maximum Gasteiger partial charge on any atom is 0.334 e. The summed E-state index contributed by atoms with van der Waals surface area (Å²) in [6, 6.07) is 10.0. The van der Waals surface area contributed by atoms with Gasteiger partial charge in [0.15, 0.2) is 5.75 Å². The first-order valence-electron chi connectivity index (χ1n) is 5.67. The van der Waals surface area contributed by atoms with Crippen LogP contribution < -0.4 is 4.74 Å². The smallest absolute Gasteiger partial charge is 0.334 e. The van der Waals surface area contributed by atoms with Crippen molar-refractivity contribution in [2.45, 2.75) is 6.92 Å². The third kappa shape index (κ3) is 2.26. The number of nitro benzene ring substituents is 1. The Bertz CT molecular complexity index is 655. The highest BCUT2D eigenvalue weighted by Gasteiger charge is 2.22. The van der Waals surface area contributed by atoms with Crippen LogP contribution in [0.4, 0.5) is 5.69 Å². The standard InChI is InChI=1S/C13H11N3O3/c1-2-19-12-7-3-6-11(13(12)16(17)18)15-8-4-5-10(15)9-14/h3-8H,2H2,1H3. The van der Waals surface area contributed by atoms with Crippen molar-refractivity contribution in [3.8, 4) is 17.5 Å². The van der Waals surface area contributed by atoms with Crippen LogP contribution in [0.2, 0.25) is 0 Å². The van der Waals surface area contributed by atoms with Gasteiger partial charge in [0.1, 0.15) is 17.5 Å². The van der Waals surface area contributed by atoms with E-state index in [0.717, 1.165) is 0 Å². The summed E-state index contributed by atoms with van der Waals surface area (Å²) in [5.74, 6) is 0.197. The second-order valence-electron chi connectivity index (χ2n) is 3.69. The molecule has 0 fully saturated rings. The lowest BCUT2D eigenvalue weighted by Crippen LogP contribution is -2.04. The molecule has 0 unspecified atom stereocenters. The molecule has 6 heteroatoms. The van der Waals surface area contributed by atoms with Gasteiger partial charge in [-0.15, -0.1) is 0 Å². The monoisotopic (exact) mass is 257 g/mol. The third-order valence-corrected chi connectivity index (χ3v) is 2.58. The summed E-state index contributed by atoms with van der Waals surface area (Å²) in [4.78, 5) is 10.7. The number of hydrogen-bond acceptors (Lipinski definition) is 4. The molecule has 0 aliphatic heterocycles. The maximum absolute atomic E-state index is 11.2. The summed E-state index contributed by atoms with van der Waals surface area (Å²) in [6.07, 6.45) is 1.61. The van der Waals surface area contributed by atoms with E-state index in [1.807, 2.05) is 6.07 Å². The van der Waals surface area contributed by atoms with Crippen LogP contribution in [-0.2, 0) is 0 Å². The molecule has 19 heavy (non-hydrogen) atoms. The molecule has 0 saturated heterocycles. The van der Waals surface area contributed by atoms with Crippen LogP contribution in [0, 0.1) is 21.4 Å². The van der Waals surface area contributed by atoms with Crippen molar-refractivity contribution in [2.75, 3.05) is 6.61 Å². The number of nitrogens with zero attached hydrogens (tertiary/aromatic N) is 3. The molecule has 0 atom stereocenters. The van der Waals surface area contributed by atoms with E-state index in [-0.39, 0.29) is 11.4 Å². The van der Waals surface area contributed by atoms with Gasteiger partial charge in [-0.25, -0.2) is 0 Å². The van der Waals surface area contributed by atoms with Crippen LogP contribution in [0.15, 0.2) is 36.5 Å². The minimum absolute atomic E-state index is 0.142. The molecule has 96 valence electrons. The summed E-state index contributed by atoms with van der Waals surface area (Å²) < 4.78 is 6.75. The zero-order valence-electron chi connectivity index (χ0n) is 10.2. The van der Waals surface area contributed by atoms with Gasteiger partial charge in [0.05, 0.1) is 11.5 Å². The lowest BCUT2D eigenvalue weighted by Gasteiger charge is -2.09. The predicted molar refractivity (Wildman–Crippen MR) is 68.3 cm³/mol. The lowest BCUT2D eigenvalue weighted by molar-refractivity contribution is -0.385. The Kier molecular flexibility index (Phi) is 3.48. The van der Waals surface area contributed by atoms with Crippen molar-refractivity contribution < 1.29 is 9.66 Å². The molecule has 0 bridgehead atoms. The van der Waals surface area contributed by atoms with Crippen molar-refractivity contribution in [3.05, 3.63) is 52.3 Å². The van der Waals surface area contributed by atoms with E-state index < -0.39 is 4.92 Å². The van der Waals surface area contributed by atoms with E-state index in [1.54, 1.807) is 43.5 Å². The number of benzene rings is 1. The van der Waals surface area contributed by atoms with Gasteiger partial charge in [0, 0.05) is 6.20 Å². The Labute approximate surface area is 109 Å². The van der Waals surface area contributed by atoms with Gasteiger partial charge in [0.25, 0.3) is 0 Å². The minimum atomic E-state index is -0.499. The zero-order chi connectivity index (χ0) is 13.8. The molecule has 0 spiro atoms. The van der Waals surface area contributed by atoms with Crippen LogP contribution in [0.1, 0.15) is 12.6 Å². The molecule has 0 aliphatic carbocycles. The van der Waals surface area contributed by atoms with E-state index >= 15 is 0 Å². The van der Waals surface area contributed by atoms with Gasteiger partial charge < -0.3 is 9.30 Å². The van der Waals surface area contributed by atoms with Crippen molar-refractivity contribution in [3.63, 3.8) is 0 Å². The number of ether oxygens (including phenoxy) is 1. The Balaban J connectivity index is 2.67. The number of hydrogen-bond donors (Lipinski definition) is 0. The normalized spacial score (nSPS) is 9.89. The van der Waals surface area contributed by atoms with Crippen molar-refractivity contribution in [2.24, 2.45) is 0 Å². The molecule has 0 aliphatic rings. The van der Waals surface area contributed by atoms with Crippen LogP contribution in [0.5, 0.6) is 5.75 Å². The van der Waals surface area contributed by atoms with Crippen LogP contribution in [-0.4, -0.2) is 16.1 Å². The molecular formula is C13H11N3O3. The maximum atomic E-state index is 11.2. The summed E-state index contributed by atoms with van der Waals surface area (Å²) >= 11 is 0. The Morgan fingerprint density at radius 2 is 2.21 bits per heavy atom. The van der Waals surface area contributed by atoms with Gasteiger partial charge in [0.2, 0.25) is 0 Å². The van der Waals surface area contributed by atoms with E-state index in [0.29, 0.717) is 18.0 Å². The molecule has 2 aromatic rings. The zero-order valence-corrected chi connectivity index (χ0v) is 10.2. The highest BCUT2D eigenvalue weighted by atomic mass is 16.6. The largest absolute Gasteiger partial charge is 0.487 e. The van der Waals surface area contributed by atoms with E-state index in [9.17, 15) is 10.1 Å². The fraction of sp³-hybridized carbons (Fsp3) is 0.154. The number of nitriles is 1. The topological polar surface area (TPSA) is 81.1 Å². The van der Waals surface area contributed by atoms with Gasteiger partial charge >= 0.3 is 5.69 Å². The second-order valence-corrected chi connectivity index (χ2v) is 3.69. The first-order chi connectivity index (χ1) is 9.19. The average Bonchev–Trinajstić information content (AvgIpc) is 2.86. The van der Waals surface area contributed by atoms with Gasteiger partial charge in [-0.1, -0.05) is 6.07 Å². The fourth-order valence-electron chi connectivity index (χ4n) is 1.84. The Morgan fingerprint density at radius 1 is 1.42 bits per heavy atom. The molecule has 0 saturated carbocycles. The van der Waals surface area contributed by atoms with Crippen molar-refractivity contribution in [1.29, 1.82) is 5.26 Å². The third-order valence-electron chi connectivity index (χ3n) is 2.58. The van der Waals surface area contributed by atoms with E-state index in [1.165, 1.54) is 4.57 Å². The van der Waals surface area contributed by atoms with Crippen molar-refractivity contribution in [1.82, 2.24) is 4.57 Å². The number of para-hydroxylation sites is 1. The minimum Gasteiger partial charge on any atom is -0.487 e. The predicted octanol–water partition coefficient (Wildman–Crippen LogP) is 2.66. The number of aromatic nitrogens is 1. The molecule has 2 rings (SSSR count). The molecule has 0 N–H and O–H groups in total. The summed E-state index contributed by atoms with van der Waals surface area (Å²) in [5.41, 5.74) is 0.506. The highest BCUT2D eigenvalue weighted by Crippen LogP contribution is 2.34. The molecule has 0 amide bonds. The van der Waals surface area contributed by atoms with Crippen LogP contribution in [0.25, 0.3) is 5.69 Å². The van der Waals surface area contributed by atoms with Crippen LogP contribution >= 0.6 is 0 Å². The Hall–Kier alpha value is -2.81. The van der Waals surface area contributed by atoms with E-state index in [4.69, 9.17) is 10.00 Å². The fourth-order valence-corrected chi connectivity index (χ4v) is 1.84. The van der Waals surface area contributed by atoms with Gasteiger partial charge in [-0.05, 0) is 31.2 Å². The molecule has 1 aromatic carbocycles. The summed E-state index contributed by atoms with van der Waals surface area (Å²) in [5, 5.41) is 20.2. The average molecular weight is 257 g/mol. The van der Waals surface area contributed by atoms with Gasteiger partial charge in [-0.3, -0.25) is 10.1 Å². The first kappa shape index (κ1) is 12.6.